The Morgan fingerprint density at radius 1 is 0.970 bits per heavy atom. The van der Waals surface area contributed by atoms with Gasteiger partial charge in [-0.1, -0.05) is 54.1 Å². The van der Waals surface area contributed by atoms with Crippen LogP contribution in [0, 0.1) is 6.92 Å². The topological polar surface area (TPSA) is 65.4 Å². The van der Waals surface area contributed by atoms with Crippen molar-refractivity contribution < 1.29 is 14.3 Å². The van der Waals surface area contributed by atoms with Gasteiger partial charge in [-0.25, -0.2) is 4.68 Å². The first-order chi connectivity index (χ1) is 16.1. The van der Waals surface area contributed by atoms with Crippen LogP contribution in [0.2, 0.25) is 0 Å². The Morgan fingerprint density at radius 2 is 1.73 bits per heavy atom. The minimum Gasteiger partial charge on any atom is -0.497 e. The Balaban J connectivity index is 1.76. The smallest absolute Gasteiger partial charge is 0.226 e. The predicted molar refractivity (Wildman–Crippen MR) is 128 cm³/mol. The third-order valence-electron chi connectivity index (χ3n) is 6.06. The van der Waals surface area contributed by atoms with Crippen molar-refractivity contribution in [3.8, 4) is 28.4 Å². The molecule has 6 heteroatoms. The molecule has 0 aliphatic carbocycles. The number of hydrogen-bond acceptors (Lipinski definition) is 4. The summed E-state index contributed by atoms with van der Waals surface area (Å²) in [5, 5.41) is 8.09. The van der Waals surface area contributed by atoms with Gasteiger partial charge in [-0.15, -0.1) is 0 Å². The van der Waals surface area contributed by atoms with E-state index < -0.39 is 0 Å². The van der Waals surface area contributed by atoms with Gasteiger partial charge in [0.15, 0.2) is 0 Å². The molecule has 4 aromatic rings. The second-order valence-electron chi connectivity index (χ2n) is 8.14. The number of hydrogen-bond donors (Lipinski definition) is 1. The number of nitrogens with one attached hydrogen (secondary N) is 1. The molecule has 2 heterocycles. The van der Waals surface area contributed by atoms with Gasteiger partial charge in [0.2, 0.25) is 5.91 Å². The largest absolute Gasteiger partial charge is 0.497 e. The molecule has 1 aliphatic heterocycles. The second kappa shape index (κ2) is 8.47. The molecule has 1 unspecified atom stereocenters. The molecule has 5 rings (SSSR count). The van der Waals surface area contributed by atoms with E-state index in [1.165, 1.54) is 0 Å². The van der Waals surface area contributed by atoms with E-state index in [0.717, 1.165) is 33.6 Å². The lowest BCUT2D eigenvalue weighted by atomic mass is 9.84. The molecule has 0 radical (unpaired) electrons. The lowest BCUT2D eigenvalue weighted by Gasteiger charge is -2.26. The highest BCUT2D eigenvalue weighted by molar-refractivity contribution is 5.97. The van der Waals surface area contributed by atoms with Crippen molar-refractivity contribution in [2.75, 3.05) is 19.5 Å². The van der Waals surface area contributed by atoms with Crippen LogP contribution in [0.15, 0.2) is 72.8 Å². The first-order valence-electron chi connectivity index (χ1n) is 10.9. The number of amides is 1. The molecule has 166 valence electrons. The van der Waals surface area contributed by atoms with Crippen LogP contribution in [-0.4, -0.2) is 29.9 Å². The quantitative estimate of drug-likeness (QED) is 0.456. The summed E-state index contributed by atoms with van der Waals surface area (Å²) in [6.45, 7) is 2.05. The molecule has 1 atom stereocenters. The van der Waals surface area contributed by atoms with Crippen LogP contribution >= 0.6 is 0 Å². The maximum atomic E-state index is 12.9. The number of rotatable bonds is 5. The van der Waals surface area contributed by atoms with Gasteiger partial charge in [-0.3, -0.25) is 4.79 Å². The number of aromatic nitrogens is 2. The molecular formula is C27H25N3O3. The van der Waals surface area contributed by atoms with E-state index in [1.807, 2.05) is 84.4 Å². The SMILES string of the molecule is COc1ccc(C2CC(=O)Nc3c2c(-c2ccccc2)nn3-c2ccc(C)cc2)c(OC)c1. The number of nitrogens with zero attached hydrogens (tertiary/aromatic N) is 2. The van der Waals surface area contributed by atoms with E-state index in [2.05, 4.69) is 5.32 Å². The van der Waals surface area contributed by atoms with Gasteiger partial charge in [0.05, 0.1) is 25.6 Å². The number of benzene rings is 3. The van der Waals surface area contributed by atoms with E-state index in [-0.39, 0.29) is 11.8 Å². The normalized spacial score (nSPS) is 15.0. The fourth-order valence-corrected chi connectivity index (χ4v) is 4.40. The van der Waals surface area contributed by atoms with E-state index in [0.29, 0.717) is 23.7 Å². The minimum absolute atomic E-state index is 0.0572. The Labute approximate surface area is 192 Å². The van der Waals surface area contributed by atoms with E-state index in [1.54, 1.807) is 14.2 Å². The van der Waals surface area contributed by atoms with Crippen molar-refractivity contribution in [3.05, 3.63) is 89.5 Å². The average Bonchev–Trinajstić information content (AvgIpc) is 3.23. The number of ether oxygens (including phenoxy) is 2. The highest BCUT2D eigenvalue weighted by atomic mass is 16.5. The highest BCUT2D eigenvalue weighted by Gasteiger charge is 2.35. The third-order valence-corrected chi connectivity index (χ3v) is 6.06. The van der Waals surface area contributed by atoms with Crippen LogP contribution in [0.25, 0.3) is 16.9 Å². The Hall–Kier alpha value is -4.06. The zero-order chi connectivity index (χ0) is 22.9. The van der Waals surface area contributed by atoms with Crippen LogP contribution in [-0.2, 0) is 4.79 Å². The monoisotopic (exact) mass is 439 g/mol. The van der Waals surface area contributed by atoms with E-state index in [4.69, 9.17) is 14.6 Å². The molecule has 3 aromatic carbocycles. The molecule has 0 spiro atoms. The standard InChI is InChI=1S/C27H25N3O3/c1-17-9-11-19(12-10-17)30-27-25(26(29-30)18-7-5-4-6-8-18)22(16-24(31)28-27)21-14-13-20(32-2)15-23(21)33-3/h4-15,22H,16H2,1-3H3,(H,28,31). The van der Waals surface area contributed by atoms with Gasteiger partial charge in [0.25, 0.3) is 0 Å². The molecule has 0 bridgehead atoms. The van der Waals surface area contributed by atoms with Crippen molar-refractivity contribution in [2.24, 2.45) is 0 Å². The fourth-order valence-electron chi connectivity index (χ4n) is 4.40. The summed E-state index contributed by atoms with van der Waals surface area (Å²) >= 11 is 0. The van der Waals surface area contributed by atoms with Crippen molar-refractivity contribution in [1.82, 2.24) is 9.78 Å². The van der Waals surface area contributed by atoms with Crippen molar-refractivity contribution in [1.29, 1.82) is 0 Å². The van der Waals surface area contributed by atoms with Crippen LogP contribution in [0.5, 0.6) is 11.5 Å². The number of anilines is 1. The zero-order valence-corrected chi connectivity index (χ0v) is 18.8. The van der Waals surface area contributed by atoms with Crippen LogP contribution < -0.4 is 14.8 Å². The number of carbonyl (C=O) groups excluding carboxylic acids is 1. The third kappa shape index (κ3) is 3.74. The summed E-state index contributed by atoms with van der Waals surface area (Å²) in [6, 6.07) is 23.9. The maximum Gasteiger partial charge on any atom is 0.226 e. The molecule has 1 amide bonds. The second-order valence-corrected chi connectivity index (χ2v) is 8.14. The summed E-state index contributed by atoms with van der Waals surface area (Å²) in [7, 11) is 3.26. The Morgan fingerprint density at radius 3 is 2.42 bits per heavy atom. The zero-order valence-electron chi connectivity index (χ0n) is 18.8. The van der Waals surface area contributed by atoms with Crippen LogP contribution in [0.3, 0.4) is 0 Å². The van der Waals surface area contributed by atoms with Crippen molar-refractivity contribution in [3.63, 3.8) is 0 Å². The van der Waals surface area contributed by atoms with E-state index in [9.17, 15) is 4.79 Å². The van der Waals surface area contributed by atoms with Gasteiger partial charge in [-0.05, 0) is 25.1 Å². The molecule has 33 heavy (non-hydrogen) atoms. The molecular weight excluding hydrogens is 414 g/mol. The van der Waals surface area contributed by atoms with Crippen molar-refractivity contribution in [2.45, 2.75) is 19.3 Å². The first-order valence-corrected chi connectivity index (χ1v) is 10.9. The first kappa shape index (κ1) is 20.8. The predicted octanol–water partition coefficient (Wildman–Crippen LogP) is 5.34. The molecule has 0 saturated heterocycles. The number of carbonyl (C=O) groups is 1. The van der Waals surface area contributed by atoms with Crippen LogP contribution in [0.4, 0.5) is 5.82 Å². The maximum absolute atomic E-state index is 12.9. The Bertz CT molecular complexity index is 1310. The number of methoxy groups -OCH3 is 2. The van der Waals surface area contributed by atoms with Gasteiger partial charge in [0, 0.05) is 35.1 Å². The molecule has 1 aromatic heterocycles. The van der Waals surface area contributed by atoms with Gasteiger partial charge < -0.3 is 14.8 Å². The van der Waals surface area contributed by atoms with Gasteiger partial charge >= 0.3 is 0 Å². The number of fused-ring (bicyclic) bond motifs is 1. The molecule has 1 aliphatic rings. The number of aryl methyl sites for hydroxylation is 1. The summed E-state index contributed by atoms with van der Waals surface area (Å²) in [5.74, 6) is 1.80. The Kier molecular flexibility index (Phi) is 5.34. The summed E-state index contributed by atoms with van der Waals surface area (Å²) in [6.07, 6.45) is 0.301. The summed E-state index contributed by atoms with van der Waals surface area (Å²) < 4.78 is 12.9. The summed E-state index contributed by atoms with van der Waals surface area (Å²) in [4.78, 5) is 12.9. The molecule has 0 fully saturated rings. The lowest BCUT2D eigenvalue weighted by Crippen LogP contribution is -2.25. The fraction of sp³-hybridized carbons (Fsp3) is 0.185. The summed E-state index contributed by atoms with van der Waals surface area (Å²) in [5.41, 5.74) is 5.79. The van der Waals surface area contributed by atoms with E-state index >= 15 is 0 Å². The molecule has 0 saturated carbocycles. The van der Waals surface area contributed by atoms with Crippen molar-refractivity contribution >= 4 is 11.7 Å². The molecule has 1 N–H and O–H groups in total. The van der Waals surface area contributed by atoms with Gasteiger partial charge in [-0.2, -0.15) is 5.10 Å². The van der Waals surface area contributed by atoms with Gasteiger partial charge in [0.1, 0.15) is 17.3 Å². The molecule has 6 nitrogen and oxygen atoms in total. The average molecular weight is 440 g/mol. The minimum atomic E-state index is -0.219. The lowest BCUT2D eigenvalue weighted by molar-refractivity contribution is -0.116. The van der Waals surface area contributed by atoms with Crippen LogP contribution in [0.1, 0.15) is 29.0 Å². The highest BCUT2D eigenvalue weighted by Crippen LogP contribution is 2.46.